The van der Waals surface area contributed by atoms with Crippen LogP contribution in [0.25, 0.3) is 11.3 Å². The summed E-state index contributed by atoms with van der Waals surface area (Å²) in [5.74, 6) is -0.650. The summed E-state index contributed by atoms with van der Waals surface area (Å²) >= 11 is 0. The van der Waals surface area contributed by atoms with Crippen LogP contribution in [0.4, 0.5) is 0 Å². The molecular formula is C10H11N3O3. The molecule has 2 aromatic heterocycles. The Hall–Kier alpha value is -2.11. The fourth-order valence-corrected chi connectivity index (χ4v) is 1.53. The number of aromatic nitrogens is 3. The second-order valence-corrected chi connectivity index (χ2v) is 3.39. The molecule has 0 aliphatic carbocycles. The molecule has 1 N–H and O–H groups in total. The SMILES string of the molecule is CCc1onc(-c2cnn(C)c2)c1C(=O)O. The van der Waals surface area contributed by atoms with Gasteiger partial charge in [0.25, 0.3) is 0 Å². The van der Waals surface area contributed by atoms with Crippen molar-refractivity contribution < 1.29 is 14.4 Å². The third kappa shape index (κ3) is 1.58. The van der Waals surface area contributed by atoms with Crippen LogP contribution in [0.15, 0.2) is 16.9 Å². The largest absolute Gasteiger partial charge is 0.477 e. The minimum absolute atomic E-state index is 0.121. The van der Waals surface area contributed by atoms with Crippen molar-refractivity contribution in [3.63, 3.8) is 0 Å². The van der Waals surface area contributed by atoms with E-state index in [-0.39, 0.29) is 5.56 Å². The molecule has 0 aliphatic rings. The number of carboxylic acid groups (broad SMARTS) is 1. The molecule has 0 unspecified atom stereocenters. The van der Waals surface area contributed by atoms with Crippen molar-refractivity contribution in [3.8, 4) is 11.3 Å². The van der Waals surface area contributed by atoms with Crippen molar-refractivity contribution in [2.75, 3.05) is 0 Å². The van der Waals surface area contributed by atoms with E-state index in [0.717, 1.165) is 0 Å². The van der Waals surface area contributed by atoms with E-state index in [2.05, 4.69) is 10.3 Å². The van der Waals surface area contributed by atoms with Crippen molar-refractivity contribution in [2.24, 2.45) is 7.05 Å². The zero-order valence-corrected chi connectivity index (χ0v) is 8.97. The normalized spacial score (nSPS) is 10.6. The molecule has 84 valence electrons. The topological polar surface area (TPSA) is 81.2 Å². The van der Waals surface area contributed by atoms with Gasteiger partial charge in [-0.25, -0.2) is 4.79 Å². The van der Waals surface area contributed by atoms with E-state index in [4.69, 9.17) is 9.63 Å². The molecule has 0 bridgehead atoms. The number of hydrogen-bond donors (Lipinski definition) is 1. The van der Waals surface area contributed by atoms with E-state index < -0.39 is 5.97 Å². The standard InChI is InChI=1S/C10H11N3O3/c1-3-7-8(10(14)15)9(12-16-7)6-4-11-13(2)5-6/h4-5H,3H2,1-2H3,(H,14,15). The summed E-state index contributed by atoms with van der Waals surface area (Å²) < 4.78 is 6.59. The van der Waals surface area contributed by atoms with E-state index in [1.165, 1.54) is 0 Å². The predicted molar refractivity (Wildman–Crippen MR) is 55.0 cm³/mol. The maximum absolute atomic E-state index is 11.1. The monoisotopic (exact) mass is 221 g/mol. The minimum Gasteiger partial charge on any atom is -0.477 e. The van der Waals surface area contributed by atoms with Gasteiger partial charge in [-0.1, -0.05) is 12.1 Å². The lowest BCUT2D eigenvalue weighted by Gasteiger charge is -1.94. The van der Waals surface area contributed by atoms with Crippen molar-refractivity contribution in [1.29, 1.82) is 0 Å². The van der Waals surface area contributed by atoms with Crippen LogP contribution in [0.2, 0.25) is 0 Å². The van der Waals surface area contributed by atoms with Gasteiger partial charge in [0.2, 0.25) is 0 Å². The molecule has 0 saturated heterocycles. The molecule has 0 fully saturated rings. The van der Waals surface area contributed by atoms with Gasteiger partial charge in [0.05, 0.1) is 6.20 Å². The Kier molecular flexibility index (Phi) is 2.47. The van der Waals surface area contributed by atoms with Gasteiger partial charge >= 0.3 is 5.97 Å². The maximum atomic E-state index is 11.1. The van der Waals surface area contributed by atoms with Crippen LogP contribution >= 0.6 is 0 Å². The van der Waals surface area contributed by atoms with Gasteiger partial charge in [-0.3, -0.25) is 4.68 Å². The van der Waals surface area contributed by atoms with Crippen LogP contribution in [0.5, 0.6) is 0 Å². The Morgan fingerprint density at radius 2 is 2.38 bits per heavy atom. The summed E-state index contributed by atoms with van der Waals surface area (Å²) in [4.78, 5) is 11.1. The predicted octanol–water partition coefficient (Wildman–Crippen LogP) is 1.34. The number of carbonyl (C=O) groups is 1. The van der Waals surface area contributed by atoms with Crippen molar-refractivity contribution >= 4 is 5.97 Å². The van der Waals surface area contributed by atoms with E-state index in [9.17, 15) is 4.79 Å². The Bertz CT molecular complexity index is 527. The Morgan fingerprint density at radius 3 is 2.88 bits per heavy atom. The van der Waals surface area contributed by atoms with Gasteiger partial charge in [0.15, 0.2) is 5.76 Å². The summed E-state index contributed by atoms with van der Waals surface area (Å²) in [5, 5.41) is 16.9. The first-order chi connectivity index (χ1) is 7.63. The number of nitrogens with zero attached hydrogens (tertiary/aromatic N) is 3. The molecule has 0 amide bonds. The number of aryl methyl sites for hydroxylation is 2. The second-order valence-electron chi connectivity index (χ2n) is 3.39. The summed E-state index contributed by atoms with van der Waals surface area (Å²) in [7, 11) is 1.75. The fourth-order valence-electron chi connectivity index (χ4n) is 1.53. The van der Waals surface area contributed by atoms with Crippen molar-refractivity contribution in [3.05, 3.63) is 23.7 Å². The summed E-state index contributed by atoms with van der Waals surface area (Å²) in [5.41, 5.74) is 1.09. The first-order valence-electron chi connectivity index (χ1n) is 4.84. The lowest BCUT2D eigenvalue weighted by atomic mass is 10.1. The Labute approximate surface area is 91.5 Å². The summed E-state index contributed by atoms with van der Waals surface area (Å²) in [6, 6.07) is 0. The molecule has 0 aromatic carbocycles. The van der Waals surface area contributed by atoms with Gasteiger partial charge in [-0.2, -0.15) is 5.10 Å². The molecule has 6 heteroatoms. The molecule has 0 saturated carbocycles. The third-order valence-corrected chi connectivity index (χ3v) is 2.28. The molecule has 2 heterocycles. The molecule has 0 radical (unpaired) electrons. The molecular weight excluding hydrogens is 210 g/mol. The average Bonchev–Trinajstić information content (AvgIpc) is 2.82. The van der Waals surface area contributed by atoms with Crippen LogP contribution in [0.3, 0.4) is 0 Å². The van der Waals surface area contributed by atoms with E-state index in [1.807, 2.05) is 6.92 Å². The van der Waals surface area contributed by atoms with Gasteiger partial charge < -0.3 is 9.63 Å². The number of carboxylic acids is 1. The first kappa shape index (κ1) is 10.4. The molecule has 6 nitrogen and oxygen atoms in total. The average molecular weight is 221 g/mol. The van der Waals surface area contributed by atoms with Gasteiger partial charge in [-0.05, 0) is 0 Å². The molecule has 16 heavy (non-hydrogen) atoms. The first-order valence-corrected chi connectivity index (χ1v) is 4.84. The van der Waals surface area contributed by atoms with Gasteiger partial charge in [0, 0.05) is 25.2 Å². The van der Waals surface area contributed by atoms with E-state index >= 15 is 0 Å². The smallest absolute Gasteiger partial charge is 0.341 e. The summed E-state index contributed by atoms with van der Waals surface area (Å²) in [6.45, 7) is 1.82. The molecule has 2 rings (SSSR count). The Balaban J connectivity index is 2.57. The van der Waals surface area contributed by atoms with Crippen LogP contribution in [-0.2, 0) is 13.5 Å². The van der Waals surface area contributed by atoms with Crippen LogP contribution in [-0.4, -0.2) is 26.0 Å². The summed E-state index contributed by atoms with van der Waals surface area (Å²) in [6.07, 6.45) is 3.75. The molecule has 0 aliphatic heterocycles. The maximum Gasteiger partial charge on any atom is 0.341 e. The minimum atomic E-state index is -1.03. The third-order valence-electron chi connectivity index (χ3n) is 2.28. The lowest BCUT2D eigenvalue weighted by molar-refractivity contribution is 0.0695. The highest BCUT2D eigenvalue weighted by atomic mass is 16.5. The number of hydrogen-bond acceptors (Lipinski definition) is 4. The number of aromatic carboxylic acids is 1. The quantitative estimate of drug-likeness (QED) is 0.845. The molecule has 0 spiro atoms. The van der Waals surface area contributed by atoms with Crippen LogP contribution in [0.1, 0.15) is 23.0 Å². The van der Waals surface area contributed by atoms with E-state index in [0.29, 0.717) is 23.4 Å². The van der Waals surface area contributed by atoms with Gasteiger partial charge in [0.1, 0.15) is 11.3 Å². The second kappa shape index (κ2) is 3.80. The Morgan fingerprint density at radius 1 is 1.62 bits per heavy atom. The van der Waals surface area contributed by atoms with Gasteiger partial charge in [-0.15, -0.1) is 0 Å². The molecule has 0 atom stereocenters. The van der Waals surface area contributed by atoms with E-state index in [1.54, 1.807) is 24.1 Å². The highest BCUT2D eigenvalue weighted by Gasteiger charge is 2.22. The zero-order chi connectivity index (χ0) is 11.7. The molecule has 2 aromatic rings. The van der Waals surface area contributed by atoms with Crippen molar-refractivity contribution in [2.45, 2.75) is 13.3 Å². The highest BCUT2D eigenvalue weighted by molar-refractivity contribution is 5.95. The highest BCUT2D eigenvalue weighted by Crippen LogP contribution is 2.25. The fraction of sp³-hybridized carbons (Fsp3) is 0.300. The van der Waals surface area contributed by atoms with Crippen LogP contribution < -0.4 is 0 Å². The zero-order valence-electron chi connectivity index (χ0n) is 8.97. The lowest BCUT2D eigenvalue weighted by Crippen LogP contribution is -2.00. The van der Waals surface area contributed by atoms with Crippen molar-refractivity contribution in [1.82, 2.24) is 14.9 Å². The van der Waals surface area contributed by atoms with Crippen LogP contribution in [0, 0.1) is 0 Å². The number of rotatable bonds is 3.